The van der Waals surface area contributed by atoms with Crippen molar-refractivity contribution in [3.8, 4) is 23.0 Å². The first-order chi connectivity index (χ1) is 15.4. The predicted molar refractivity (Wildman–Crippen MR) is 118 cm³/mol. The van der Waals surface area contributed by atoms with Crippen molar-refractivity contribution >= 4 is 21.8 Å². The summed E-state index contributed by atoms with van der Waals surface area (Å²) in [6, 6.07) is 22.0. The third-order valence-electron chi connectivity index (χ3n) is 4.58. The number of benzene rings is 3. The molecular weight excluding hydrogens is 430 g/mol. The first-order valence-corrected chi connectivity index (χ1v) is 11.4. The van der Waals surface area contributed by atoms with Gasteiger partial charge in [0.15, 0.2) is 9.84 Å². The maximum Gasteiger partial charge on any atom is 0.322 e. The van der Waals surface area contributed by atoms with E-state index in [1.165, 1.54) is 12.1 Å². The number of ether oxygens (including phenoxy) is 1. The number of amides is 1. The molecule has 0 fully saturated rings. The topological polar surface area (TPSA) is 111 Å². The summed E-state index contributed by atoms with van der Waals surface area (Å²) in [5.74, 6) is 1.05. The summed E-state index contributed by atoms with van der Waals surface area (Å²) in [6.45, 7) is 1.58. The van der Waals surface area contributed by atoms with Crippen molar-refractivity contribution in [2.75, 3.05) is 11.1 Å². The van der Waals surface area contributed by atoms with Crippen molar-refractivity contribution < 1.29 is 22.4 Å². The molecule has 4 aromatic rings. The predicted octanol–water partition coefficient (Wildman–Crippen LogP) is 4.57. The highest BCUT2D eigenvalue weighted by Crippen LogP contribution is 2.24. The van der Waals surface area contributed by atoms with E-state index in [0.717, 1.165) is 0 Å². The number of carbonyl (C=O) groups is 1. The summed E-state index contributed by atoms with van der Waals surface area (Å²) < 4.78 is 35.0. The second-order valence-electron chi connectivity index (χ2n) is 6.73. The molecule has 32 heavy (non-hydrogen) atoms. The Bertz CT molecular complexity index is 1320. The van der Waals surface area contributed by atoms with Crippen LogP contribution in [0.1, 0.15) is 17.3 Å². The molecule has 0 bridgehead atoms. The number of carbonyl (C=O) groups excluding carboxylic acids is 1. The quantitative estimate of drug-likeness (QED) is 0.440. The highest BCUT2D eigenvalue weighted by molar-refractivity contribution is 7.91. The summed E-state index contributed by atoms with van der Waals surface area (Å²) in [7, 11) is -3.29. The van der Waals surface area contributed by atoms with E-state index in [-0.39, 0.29) is 22.6 Å². The van der Waals surface area contributed by atoms with Gasteiger partial charge in [0.25, 0.3) is 5.91 Å². The minimum Gasteiger partial charge on any atom is -0.457 e. The maximum atomic E-state index is 12.5. The lowest BCUT2D eigenvalue weighted by molar-refractivity contribution is 0.102. The molecule has 0 aliphatic carbocycles. The Morgan fingerprint density at radius 2 is 1.56 bits per heavy atom. The molecular formula is C23H19N3O5S. The van der Waals surface area contributed by atoms with Crippen molar-refractivity contribution in [2.24, 2.45) is 0 Å². The van der Waals surface area contributed by atoms with Gasteiger partial charge in [-0.25, -0.2) is 8.42 Å². The minimum atomic E-state index is -3.29. The molecule has 0 spiro atoms. The SMILES string of the molecule is CCS(=O)(=O)c1ccc(-c2nnc(NC(=O)c3ccc(Oc4ccccc4)cc3)o2)cc1. The first kappa shape index (κ1) is 21.3. The van der Waals surface area contributed by atoms with E-state index in [2.05, 4.69) is 15.5 Å². The summed E-state index contributed by atoms with van der Waals surface area (Å²) >= 11 is 0. The molecule has 0 aliphatic heterocycles. The van der Waals surface area contributed by atoms with Crippen molar-refractivity contribution in [2.45, 2.75) is 11.8 Å². The van der Waals surface area contributed by atoms with Crippen molar-refractivity contribution in [3.05, 3.63) is 84.4 Å². The van der Waals surface area contributed by atoms with Gasteiger partial charge in [-0.05, 0) is 60.7 Å². The molecule has 1 heterocycles. The van der Waals surface area contributed by atoms with Gasteiger partial charge in [0.2, 0.25) is 5.89 Å². The summed E-state index contributed by atoms with van der Waals surface area (Å²) in [6.07, 6.45) is 0. The Labute approximate surface area is 184 Å². The van der Waals surface area contributed by atoms with Gasteiger partial charge in [-0.3, -0.25) is 10.1 Å². The standard InChI is InChI=1S/C23H19N3O5S/c1-2-32(28,29)20-14-10-17(11-15-20)22-25-26-23(31-22)24-21(27)16-8-12-19(13-9-16)30-18-6-4-3-5-7-18/h3-15H,2H2,1H3,(H,24,26,27). The number of nitrogens with zero attached hydrogens (tertiary/aromatic N) is 2. The zero-order valence-corrected chi connectivity index (χ0v) is 17.9. The average molecular weight is 449 g/mol. The molecule has 1 aromatic heterocycles. The van der Waals surface area contributed by atoms with Crippen LogP contribution in [0.15, 0.2) is 88.2 Å². The van der Waals surface area contributed by atoms with Crippen LogP contribution in [0.4, 0.5) is 6.01 Å². The van der Waals surface area contributed by atoms with Gasteiger partial charge >= 0.3 is 6.01 Å². The van der Waals surface area contributed by atoms with E-state index in [0.29, 0.717) is 22.6 Å². The molecule has 8 nitrogen and oxygen atoms in total. The van der Waals surface area contributed by atoms with Crippen molar-refractivity contribution in [1.29, 1.82) is 0 Å². The van der Waals surface area contributed by atoms with Crippen LogP contribution in [0, 0.1) is 0 Å². The van der Waals surface area contributed by atoms with Crippen LogP contribution in [-0.4, -0.2) is 30.3 Å². The minimum absolute atomic E-state index is 0.0163. The van der Waals surface area contributed by atoms with E-state index in [1.54, 1.807) is 43.3 Å². The molecule has 0 saturated heterocycles. The lowest BCUT2D eigenvalue weighted by atomic mass is 10.2. The van der Waals surface area contributed by atoms with Gasteiger partial charge < -0.3 is 9.15 Å². The van der Waals surface area contributed by atoms with Crippen molar-refractivity contribution in [3.63, 3.8) is 0 Å². The number of hydrogen-bond donors (Lipinski definition) is 1. The zero-order chi connectivity index (χ0) is 22.6. The zero-order valence-electron chi connectivity index (χ0n) is 17.1. The number of aromatic nitrogens is 2. The molecule has 0 saturated carbocycles. The number of anilines is 1. The van der Waals surface area contributed by atoms with Gasteiger partial charge in [0.1, 0.15) is 11.5 Å². The fourth-order valence-corrected chi connectivity index (χ4v) is 3.71. The molecule has 1 amide bonds. The number of hydrogen-bond acceptors (Lipinski definition) is 7. The lowest BCUT2D eigenvalue weighted by Crippen LogP contribution is -2.11. The second kappa shape index (κ2) is 9.03. The molecule has 4 rings (SSSR count). The van der Waals surface area contributed by atoms with Crippen LogP contribution in [0.5, 0.6) is 11.5 Å². The summed E-state index contributed by atoms with van der Waals surface area (Å²) in [5.41, 5.74) is 0.926. The van der Waals surface area contributed by atoms with E-state index in [4.69, 9.17) is 9.15 Å². The Kier molecular flexibility index (Phi) is 6.00. The van der Waals surface area contributed by atoms with Crippen LogP contribution in [0.2, 0.25) is 0 Å². The summed E-state index contributed by atoms with van der Waals surface area (Å²) in [4.78, 5) is 12.7. The molecule has 1 N–H and O–H groups in total. The second-order valence-corrected chi connectivity index (χ2v) is 9.01. The molecule has 3 aromatic carbocycles. The fraction of sp³-hybridized carbons (Fsp3) is 0.0870. The molecule has 0 atom stereocenters. The lowest BCUT2D eigenvalue weighted by Gasteiger charge is -2.06. The van der Waals surface area contributed by atoms with Crippen LogP contribution in [0.25, 0.3) is 11.5 Å². The van der Waals surface area contributed by atoms with Crippen LogP contribution < -0.4 is 10.1 Å². The Hall–Kier alpha value is -3.98. The van der Waals surface area contributed by atoms with E-state index < -0.39 is 15.7 Å². The molecule has 0 radical (unpaired) electrons. The van der Waals surface area contributed by atoms with Gasteiger partial charge in [-0.1, -0.05) is 30.2 Å². The third-order valence-corrected chi connectivity index (χ3v) is 6.33. The highest BCUT2D eigenvalue weighted by atomic mass is 32.2. The van der Waals surface area contributed by atoms with Crippen LogP contribution in [-0.2, 0) is 9.84 Å². The maximum absolute atomic E-state index is 12.5. The first-order valence-electron chi connectivity index (χ1n) is 9.75. The average Bonchev–Trinajstić information content (AvgIpc) is 3.29. The third kappa shape index (κ3) is 4.84. The molecule has 9 heteroatoms. The fourth-order valence-electron chi connectivity index (χ4n) is 2.83. The molecule has 0 aliphatic rings. The monoisotopic (exact) mass is 449 g/mol. The Morgan fingerprint density at radius 3 is 2.22 bits per heavy atom. The Balaban J connectivity index is 1.41. The van der Waals surface area contributed by atoms with E-state index in [9.17, 15) is 13.2 Å². The normalized spacial score (nSPS) is 11.2. The van der Waals surface area contributed by atoms with E-state index in [1.807, 2.05) is 30.3 Å². The van der Waals surface area contributed by atoms with Gasteiger partial charge in [-0.15, -0.1) is 5.10 Å². The van der Waals surface area contributed by atoms with E-state index >= 15 is 0 Å². The van der Waals surface area contributed by atoms with Crippen LogP contribution >= 0.6 is 0 Å². The van der Waals surface area contributed by atoms with Gasteiger partial charge in [-0.2, -0.15) is 0 Å². The number of sulfone groups is 1. The summed E-state index contributed by atoms with van der Waals surface area (Å²) in [5, 5.41) is 10.3. The highest BCUT2D eigenvalue weighted by Gasteiger charge is 2.15. The molecule has 162 valence electrons. The largest absolute Gasteiger partial charge is 0.457 e. The Morgan fingerprint density at radius 1 is 0.906 bits per heavy atom. The van der Waals surface area contributed by atoms with Gasteiger partial charge in [0.05, 0.1) is 10.6 Å². The van der Waals surface area contributed by atoms with Crippen molar-refractivity contribution in [1.82, 2.24) is 10.2 Å². The number of nitrogens with one attached hydrogen (secondary N) is 1. The number of rotatable bonds is 7. The molecule has 0 unspecified atom stereocenters. The van der Waals surface area contributed by atoms with Gasteiger partial charge in [0, 0.05) is 11.1 Å². The number of para-hydroxylation sites is 1. The van der Waals surface area contributed by atoms with Crippen LogP contribution in [0.3, 0.4) is 0 Å². The smallest absolute Gasteiger partial charge is 0.322 e.